The molecule has 1 aromatic heterocycles. The number of carboxylic acids is 1. The maximum atomic E-state index is 12.8. The number of carbonyl (C=O) groups is 1. The largest absolute Gasteiger partial charge is 0.476 e. The second-order valence-electron chi connectivity index (χ2n) is 3.73. The number of alkyl halides is 3. The van der Waals surface area contributed by atoms with Gasteiger partial charge in [0.25, 0.3) is 0 Å². The topological polar surface area (TPSA) is 68.0 Å². The van der Waals surface area contributed by atoms with Crippen LogP contribution in [-0.4, -0.2) is 26.1 Å². The number of carboxylic acid groups (broad SMARTS) is 1. The number of benzene rings is 1. The lowest BCUT2D eigenvalue weighted by atomic mass is 10.2. The Balaban J connectivity index is 2.44. The maximum absolute atomic E-state index is 12.8. The normalized spacial score (nSPS) is 11.5. The second kappa shape index (κ2) is 4.71. The SMILES string of the molecule is O=C(O)c1nnn(Cc2ccccc2)c1C(F)(F)F. The van der Waals surface area contributed by atoms with Gasteiger partial charge in [0.05, 0.1) is 6.54 Å². The summed E-state index contributed by atoms with van der Waals surface area (Å²) in [5, 5.41) is 15.0. The summed E-state index contributed by atoms with van der Waals surface area (Å²) >= 11 is 0. The van der Waals surface area contributed by atoms with E-state index in [0.717, 1.165) is 0 Å². The molecular formula is C11H8F3N3O2. The van der Waals surface area contributed by atoms with Gasteiger partial charge in [-0.15, -0.1) is 5.10 Å². The Labute approximate surface area is 105 Å². The third kappa shape index (κ3) is 2.72. The van der Waals surface area contributed by atoms with Gasteiger partial charge >= 0.3 is 12.1 Å². The van der Waals surface area contributed by atoms with E-state index in [1.807, 2.05) is 0 Å². The van der Waals surface area contributed by atoms with Crippen molar-refractivity contribution in [3.63, 3.8) is 0 Å². The summed E-state index contributed by atoms with van der Waals surface area (Å²) in [4.78, 5) is 10.7. The average Bonchev–Trinajstić information content (AvgIpc) is 2.74. The minimum Gasteiger partial charge on any atom is -0.476 e. The molecule has 1 aromatic carbocycles. The summed E-state index contributed by atoms with van der Waals surface area (Å²) in [7, 11) is 0. The molecule has 19 heavy (non-hydrogen) atoms. The second-order valence-corrected chi connectivity index (χ2v) is 3.73. The third-order valence-corrected chi connectivity index (χ3v) is 2.38. The first kappa shape index (κ1) is 13.1. The van der Waals surface area contributed by atoms with Crippen molar-refractivity contribution in [2.75, 3.05) is 0 Å². The molecule has 5 nitrogen and oxygen atoms in total. The highest BCUT2D eigenvalue weighted by atomic mass is 19.4. The van der Waals surface area contributed by atoms with Gasteiger partial charge < -0.3 is 5.11 Å². The van der Waals surface area contributed by atoms with Gasteiger partial charge in [-0.1, -0.05) is 35.5 Å². The zero-order chi connectivity index (χ0) is 14.0. The van der Waals surface area contributed by atoms with Crippen LogP contribution in [0.2, 0.25) is 0 Å². The molecular weight excluding hydrogens is 263 g/mol. The molecule has 0 aliphatic rings. The van der Waals surface area contributed by atoms with Crippen molar-refractivity contribution in [2.24, 2.45) is 0 Å². The molecule has 1 heterocycles. The molecule has 0 amide bonds. The predicted octanol–water partition coefficient (Wildman–Crippen LogP) is 2.04. The standard InChI is InChI=1S/C11H8F3N3O2/c12-11(13,14)9-8(10(18)19)15-16-17(9)6-7-4-2-1-3-5-7/h1-5H,6H2,(H,18,19). The molecule has 0 saturated heterocycles. The minimum atomic E-state index is -4.83. The molecule has 1 N–H and O–H groups in total. The fourth-order valence-electron chi connectivity index (χ4n) is 1.60. The molecule has 0 fully saturated rings. The average molecular weight is 271 g/mol. The number of aromatic carboxylic acids is 1. The van der Waals surface area contributed by atoms with E-state index in [2.05, 4.69) is 10.3 Å². The van der Waals surface area contributed by atoms with Crippen LogP contribution in [0.25, 0.3) is 0 Å². The van der Waals surface area contributed by atoms with Crippen molar-refractivity contribution >= 4 is 5.97 Å². The van der Waals surface area contributed by atoms with Gasteiger partial charge in [0.1, 0.15) is 0 Å². The number of rotatable bonds is 3. The van der Waals surface area contributed by atoms with Crippen LogP contribution in [0.5, 0.6) is 0 Å². The molecule has 0 saturated carbocycles. The van der Waals surface area contributed by atoms with Crippen LogP contribution in [0.1, 0.15) is 21.7 Å². The van der Waals surface area contributed by atoms with Gasteiger partial charge in [-0.2, -0.15) is 13.2 Å². The molecule has 0 spiro atoms. The molecule has 0 aliphatic carbocycles. The molecule has 0 bridgehead atoms. The smallest absolute Gasteiger partial charge is 0.435 e. The van der Waals surface area contributed by atoms with Gasteiger partial charge in [0, 0.05) is 0 Å². The van der Waals surface area contributed by atoms with E-state index in [4.69, 9.17) is 5.11 Å². The summed E-state index contributed by atoms with van der Waals surface area (Å²) in [5.74, 6) is -1.76. The maximum Gasteiger partial charge on any atom is 0.435 e. The van der Waals surface area contributed by atoms with Gasteiger partial charge in [-0.25, -0.2) is 9.48 Å². The molecule has 0 radical (unpaired) electrons. The zero-order valence-corrected chi connectivity index (χ0v) is 9.42. The van der Waals surface area contributed by atoms with E-state index in [9.17, 15) is 18.0 Å². The van der Waals surface area contributed by atoms with Crippen LogP contribution < -0.4 is 0 Å². The highest BCUT2D eigenvalue weighted by Crippen LogP contribution is 2.31. The Bertz CT molecular complexity index is 593. The molecule has 2 aromatic rings. The Morgan fingerprint density at radius 2 is 1.89 bits per heavy atom. The van der Waals surface area contributed by atoms with E-state index in [0.29, 0.717) is 10.2 Å². The highest BCUT2D eigenvalue weighted by Gasteiger charge is 2.41. The third-order valence-electron chi connectivity index (χ3n) is 2.38. The molecule has 0 atom stereocenters. The van der Waals surface area contributed by atoms with E-state index < -0.39 is 23.5 Å². The van der Waals surface area contributed by atoms with Crippen LogP contribution in [-0.2, 0) is 12.7 Å². The van der Waals surface area contributed by atoms with Crippen molar-refractivity contribution in [1.82, 2.24) is 15.0 Å². The first-order valence-electron chi connectivity index (χ1n) is 5.17. The Morgan fingerprint density at radius 3 is 2.42 bits per heavy atom. The number of hydrogen-bond acceptors (Lipinski definition) is 3. The molecule has 2 rings (SSSR count). The quantitative estimate of drug-likeness (QED) is 0.927. The molecule has 100 valence electrons. The summed E-state index contributed by atoms with van der Waals surface area (Å²) in [6.45, 7) is -0.198. The van der Waals surface area contributed by atoms with Crippen molar-refractivity contribution in [3.8, 4) is 0 Å². The fraction of sp³-hybridized carbons (Fsp3) is 0.182. The van der Waals surface area contributed by atoms with Crippen LogP contribution >= 0.6 is 0 Å². The van der Waals surface area contributed by atoms with Gasteiger partial charge in [-0.3, -0.25) is 0 Å². The van der Waals surface area contributed by atoms with Crippen molar-refractivity contribution < 1.29 is 23.1 Å². The Hall–Kier alpha value is -2.38. The molecule has 0 unspecified atom stereocenters. The number of hydrogen-bond donors (Lipinski definition) is 1. The molecule has 8 heteroatoms. The van der Waals surface area contributed by atoms with Crippen molar-refractivity contribution in [1.29, 1.82) is 0 Å². The molecule has 0 aliphatic heterocycles. The van der Waals surface area contributed by atoms with Crippen LogP contribution in [0.3, 0.4) is 0 Å². The lowest BCUT2D eigenvalue weighted by molar-refractivity contribution is -0.144. The van der Waals surface area contributed by atoms with Crippen LogP contribution in [0.15, 0.2) is 30.3 Å². The monoisotopic (exact) mass is 271 g/mol. The Morgan fingerprint density at radius 1 is 1.26 bits per heavy atom. The highest BCUT2D eigenvalue weighted by molar-refractivity contribution is 5.86. The lowest BCUT2D eigenvalue weighted by Crippen LogP contribution is -2.18. The summed E-state index contributed by atoms with van der Waals surface area (Å²) in [5.41, 5.74) is -1.89. The van der Waals surface area contributed by atoms with Crippen molar-refractivity contribution in [3.05, 3.63) is 47.3 Å². The van der Waals surface area contributed by atoms with Gasteiger partial charge in [0.15, 0.2) is 5.69 Å². The fourth-order valence-corrected chi connectivity index (χ4v) is 1.60. The first-order valence-corrected chi connectivity index (χ1v) is 5.17. The Kier molecular flexibility index (Phi) is 3.24. The van der Waals surface area contributed by atoms with Gasteiger partial charge in [0.2, 0.25) is 5.69 Å². The van der Waals surface area contributed by atoms with Crippen LogP contribution in [0.4, 0.5) is 13.2 Å². The first-order chi connectivity index (χ1) is 8.89. The van der Waals surface area contributed by atoms with Crippen molar-refractivity contribution in [2.45, 2.75) is 12.7 Å². The number of aromatic nitrogens is 3. The van der Waals surface area contributed by atoms with Gasteiger partial charge in [-0.05, 0) is 5.56 Å². The van der Waals surface area contributed by atoms with Crippen LogP contribution in [0, 0.1) is 0 Å². The number of nitrogens with zero attached hydrogens (tertiary/aromatic N) is 3. The van der Waals surface area contributed by atoms with E-state index in [1.54, 1.807) is 30.3 Å². The minimum absolute atomic E-state index is 0.198. The van der Waals surface area contributed by atoms with E-state index in [-0.39, 0.29) is 6.54 Å². The summed E-state index contributed by atoms with van der Waals surface area (Å²) in [6.07, 6.45) is -4.83. The van der Waals surface area contributed by atoms with E-state index in [1.165, 1.54) is 0 Å². The van der Waals surface area contributed by atoms with E-state index >= 15 is 0 Å². The predicted molar refractivity (Wildman–Crippen MR) is 57.5 cm³/mol. The number of halogens is 3. The zero-order valence-electron chi connectivity index (χ0n) is 9.42. The summed E-state index contributed by atoms with van der Waals surface area (Å²) in [6, 6.07) is 8.28. The summed E-state index contributed by atoms with van der Waals surface area (Å²) < 4.78 is 39.1. The lowest BCUT2D eigenvalue weighted by Gasteiger charge is -2.09.